The molecule has 1 aromatic rings. The van der Waals surface area contributed by atoms with Gasteiger partial charge in [0.05, 0.1) is 0 Å². The fourth-order valence-electron chi connectivity index (χ4n) is 2.14. The standard InChI is InChI=1S/C13H19ClN2O/c1-9(2)7-11-8-12(14)16-13(15-11)10-3-5-17-6-4-10/h8-10H,3-7H2,1-2H3. The molecule has 0 spiro atoms. The summed E-state index contributed by atoms with van der Waals surface area (Å²) in [6, 6.07) is 1.88. The average Bonchev–Trinajstić information content (AvgIpc) is 2.28. The summed E-state index contributed by atoms with van der Waals surface area (Å²) in [5.74, 6) is 1.90. The van der Waals surface area contributed by atoms with Crippen molar-refractivity contribution >= 4 is 11.6 Å². The molecule has 0 radical (unpaired) electrons. The normalized spacial score (nSPS) is 17.6. The van der Waals surface area contributed by atoms with Crippen molar-refractivity contribution in [3.8, 4) is 0 Å². The highest BCUT2D eigenvalue weighted by Gasteiger charge is 2.19. The van der Waals surface area contributed by atoms with Crippen molar-refractivity contribution < 1.29 is 4.74 Å². The zero-order valence-corrected chi connectivity index (χ0v) is 11.2. The lowest BCUT2D eigenvalue weighted by molar-refractivity contribution is 0.0835. The highest BCUT2D eigenvalue weighted by atomic mass is 35.5. The van der Waals surface area contributed by atoms with Gasteiger partial charge in [0.2, 0.25) is 0 Å². The van der Waals surface area contributed by atoms with Gasteiger partial charge in [0, 0.05) is 24.8 Å². The maximum atomic E-state index is 6.07. The van der Waals surface area contributed by atoms with E-state index in [1.165, 1.54) is 0 Å². The van der Waals surface area contributed by atoms with E-state index in [1.54, 1.807) is 0 Å². The van der Waals surface area contributed by atoms with Crippen molar-refractivity contribution in [2.45, 2.75) is 39.0 Å². The van der Waals surface area contributed by atoms with Gasteiger partial charge in [-0.05, 0) is 31.2 Å². The number of nitrogens with zero attached hydrogens (tertiary/aromatic N) is 2. The molecule has 0 atom stereocenters. The second-order valence-corrected chi connectivity index (χ2v) is 5.41. The van der Waals surface area contributed by atoms with Gasteiger partial charge in [-0.1, -0.05) is 25.4 Å². The monoisotopic (exact) mass is 254 g/mol. The van der Waals surface area contributed by atoms with E-state index in [0.29, 0.717) is 17.0 Å². The summed E-state index contributed by atoms with van der Waals surface area (Å²) in [5.41, 5.74) is 1.06. The Morgan fingerprint density at radius 1 is 1.35 bits per heavy atom. The van der Waals surface area contributed by atoms with E-state index >= 15 is 0 Å². The number of ether oxygens (including phenoxy) is 1. The van der Waals surface area contributed by atoms with Gasteiger partial charge in [-0.3, -0.25) is 0 Å². The van der Waals surface area contributed by atoms with E-state index in [-0.39, 0.29) is 0 Å². The lowest BCUT2D eigenvalue weighted by Crippen LogP contribution is -2.17. The van der Waals surface area contributed by atoms with Gasteiger partial charge in [0.25, 0.3) is 0 Å². The maximum absolute atomic E-state index is 6.07. The van der Waals surface area contributed by atoms with Gasteiger partial charge in [0.15, 0.2) is 0 Å². The topological polar surface area (TPSA) is 35.0 Å². The van der Waals surface area contributed by atoms with E-state index < -0.39 is 0 Å². The summed E-state index contributed by atoms with van der Waals surface area (Å²) >= 11 is 6.07. The van der Waals surface area contributed by atoms with Crippen LogP contribution in [0.5, 0.6) is 0 Å². The molecule has 0 unspecified atom stereocenters. The summed E-state index contributed by atoms with van der Waals surface area (Å²) in [6.07, 6.45) is 2.96. The first-order valence-corrected chi connectivity index (χ1v) is 6.64. The average molecular weight is 255 g/mol. The van der Waals surface area contributed by atoms with Crippen molar-refractivity contribution in [1.29, 1.82) is 0 Å². The SMILES string of the molecule is CC(C)Cc1cc(Cl)nc(C2CCOCC2)n1. The fourth-order valence-corrected chi connectivity index (χ4v) is 2.36. The molecule has 0 bridgehead atoms. The number of rotatable bonds is 3. The third-order valence-corrected chi connectivity index (χ3v) is 3.16. The Kier molecular flexibility index (Phi) is 4.35. The Bertz CT molecular complexity index is 376. The van der Waals surface area contributed by atoms with Crippen LogP contribution in [0.2, 0.25) is 5.15 Å². The molecule has 94 valence electrons. The predicted octanol–water partition coefficient (Wildman–Crippen LogP) is 3.22. The lowest BCUT2D eigenvalue weighted by atomic mass is 9.99. The highest BCUT2D eigenvalue weighted by Crippen LogP contribution is 2.25. The molecule has 0 aromatic carbocycles. The molecular formula is C13H19ClN2O. The summed E-state index contributed by atoms with van der Waals surface area (Å²) in [7, 11) is 0. The Balaban J connectivity index is 2.18. The van der Waals surface area contributed by atoms with Crippen LogP contribution in [0.1, 0.15) is 44.1 Å². The van der Waals surface area contributed by atoms with Gasteiger partial charge in [-0.2, -0.15) is 0 Å². The Morgan fingerprint density at radius 3 is 2.71 bits per heavy atom. The molecule has 0 N–H and O–H groups in total. The molecule has 3 nitrogen and oxygen atoms in total. The minimum atomic E-state index is 0.411. The minimum absolute atomic E-state index is 0.411. The number of halogens is 1. The second kappa shape index (κ2) is 5.78. The quantitative estimate of drug-likeness (QED) is 0.777. The third-order valence-electron chi connectivity index (χ3n) is 2.97. The van der Waals surface area contributed by atoms with Gasteiger partial charge in [0.1, 0.15) is 11.0 Å². The summed E-state index contributed by atoms with van der Waals surface area (Å²) < 4.78 is 5.36. The van der Waals surface area contributed by atoms with Crippen molar-refractivity contribution in [2.75, 3.05) is 13.2 Å². The maximum Gasteiger partial charge on any atom is 0.133 e. The zero-order valence-electron chi connectivity index (χ0n) is 10.4. The molecule has 0 amide bonds. The van der Waals surface area contributed by atoms with Crippen LogP contribution in [-0.4, -0.2) is 23.2 Å². The molecule has 0 saturated carbocycles. The largest absolute Gasteiger partial charge is 0.381 e. The summed E-state index contributed by atoms with van der Waals surface area (Å²) in [4.78, 5) is 9.01. The molecule has 17 heavy (non-hydrogen) atoms. The van der Waals surface area contributed by atoms with Gasteiger partial charge in [-0.25, -0.2) is 9.97 Å². The number of hydrogen-bond acceptors (Lipinski definition) is 3. The van der Waals surface area contributed by atoms with Gasteiger partial charge in [-0.15, -0.1) is 0 Å². The van der Waals surface area contributed by atoms with Crippen LogP contribution in [-0.2, 0) is 11.2 Å². The molecule has 1 aliphatic heterocycles. The molecule has 1 aliphatic rings. The Morgan fingerprint density at radius 2 is 2.06 bits per heavy atom. The van der Waals surface area contributed by atoms with E-state index in [9.17, 15) is 0 Å². The van der Waals surface area contributed by atoms with Crippen LogP contribution in [0.15, 0.2) is 6.07 Å². The molecule has 2 heterocycles. The number of hydrogen-bond donors (Lipinski definition) is 0. The Hall–Kier alpha value is -0.670. The first-order valence-electron chi connectivity index (χ1n) is 6.26. The van der Waals surface area contributed by atoms with Crippen molar-refractivity contribution in [3.05, 3.63) is 22.7 Å². The summed E-state index contributed by atoms with van der Waals surface area (Å²) in [6.45, 7) is 5.98. The first kappa shape index (κ1) is 12.8. The molecule has 2 rings (SSSR count). The lowest BCUT2D eigenvalue weighted by Gasteiger charge is -2.21. The Labute approximate surface area is 108 Å². The van der Waals surface area contributed by atoms with Crippen LogP contribution in [0.25, 0.3) is 0 Å². The minimum Gasteiger partial charge on any atom is -0.381 e. The highest BCUT2D eigenvalue weighted by molar-refractivity contribution is 6.29. The van der Waals surface area contributed by atoms with E-state index in [0.717, 1.165) is 44.0 Å². The van der Waals surface area contributed by atoms with Crippen LogP contribution < -0.4 is 0 Å². The second-order valence-electron chi connectivity index (χ2n) is 5.02. The molecule has 0 aliphatic carbocycles. The smallest absolute Gasteiger partial charge is 0.133 e. The summed E-state index contributed by atoms with van der Waals surface area (Å²) in [5, 5.41) is 0.567. The predicted molar refractivity (Wildman–Crippen MR) is 68.4 cm³/mol. The molecule has 1 aromatic heterocycles. The van der Waals surface area contributed by atoms with E-state index in [1.807, 2.05) is 6.07 Å². The van der Waals surface area contributed by atoms with Crippen molar-refractivity contribution in [3.63, 3.8) is 0 Å². The first-order chi connectivity index (χ1) is 8.15. The van der Waals surface area contributed by atoms with E-state index in [2.05, 4.69) is 23.8 Å². The molecule has 1 fully saturated rings. The zero-order chi connectivity index (χ0) is 12.3. The molecular weight excluding hydrogens is 236 g/mol. The molecule has 1 saturated heterocycles. The van der Waals surface area contributed by atoms with Gasteiger partial charge < -0.3 is 4.74 Å². The molecule has 4 heteroatoms. The van der Waals surface area contributed by atoms with Crippen LogP contribution in [0, 0.1) is 5.92 Å². The van der Waals surface area contributed by atoms with Crippen molar-refractivity contribution in [1.82, 2.24) is 9.97 Å². The van der Waals surface area contributed by atoms with Crippen LogP contribution in [0.4, 0.5) is 0 Å². The van der Waals surface area contributed by atoms with Crippen LogP contribution in [0.3, 0.4) is 0 Å². The fraction of sp³-hybridized carbons (Fsp3) is 0.692. The number of aromatic nitrogens is 2. The van der Waals surface area contributed by atoms with E-state index in [4.69, 9.17) is 16.3 Å². The van der Waals surface area contributed by atoms with Gasteiger partial charge >= 0.3 is 0 Å². The van der Waals surface area contributed by atoms with Crippen molar-refractivity contribution in [2.24, 2.45) is 5.92 Å². The third kappa shape index (κ3) is 3.65. The van der Waals surface area contributed by atoms with Crippen LogP contribution >= 0.6 is 11.6 Å².